The minimum Gasteiger partial charge on any atom is -0.392 e. The molecule has 1 aromatic carbocycles. The van der Waals surface area contributed by atoms with Gasteiger partial charge < -0.3 is 5.11 Å². The zero-order chi connectivity index (χ0) is 10.7. The molecule has 0 aromatic heterocycles. The molecule has 15 heavy (non-hydrogen) atoms. The third-order valence-electron chi connectivity index (χ3n) is 2.83. The first-order valence-corrected chi connectivity index (χ1v) is 6.61. The molecule has 0 aliphatic heterocycles. The summed E-state index contributed by atoms with van der Waals surface area (Å²) in [6.45, 7) is 2.12. The van der Waals surface area contributed by atoms with Gasteiger partial charge in [-0.15, -0.1) is 11.8 Å². The van der Waals surface area contributed by atoms with Gasteiger partial charge >= 0.3 is 0 Å². The van der Waals surface area contributed by atoms with Gasteiger partial charge in [0.1, 0.15) is 0 Å². The van der Waals surface area contributed by atoms with Gasteiger partial charge in [-0.3, -0.25) is 0 Å². The van der Waals surface area contributed by atoms with Crippen LogP contribution in [0.2, 0.25) is 0 Å². The maximum absolute atomic E-state index is 9.79. The van der Waals surface area contributed by atoms with Crippen LogP contribution in [0.15, 0.2) is 29.2 Å². The maximum Gasteiger partial charge on any atom is 0.0636 e. The number of hydrogen-bond donors (Lipinski definition) is 1. The smallest absolute Gasteiger partial charge is 0.0636 e. The second-order valence-electron chi connectivity index (χ2n) is 4.41. The van der Waals surface area contributed by atoms with Gasteiger partial charge in [0.15, 0.2) is 0 Å². The highest BCUT2D eigenvalue weighted by Gasteiger charge is 2.24. The van der Waals surface area contributed by atoms with Crippen molar-refractivity contribution in [3.8, 4) is 0 Å². The van der Waals surface area contributed by atoms with Crippen LogP contribution in [0.25, 0.3) is 0 Å². The average Bonchev–Trinajstić information content (AvgIpc) is 3.00. The van der Waals surface area contributed by atoms with Crippen molar-refractivity contribution in [2.24, 2.45) is 5.92 Å². The first-order chi connectivity index (χ1) is 7.25. The van der Waals surface area contributed by atoms with Crippen LogP contribution < -0.4 is 0 Å². The van der Waals surface area contributed by atoms with Crippen molar-refractivity contribution in [1.29, 1.82) is 0 Å². The van der Waals surface area contributed by atoms with Crippen LogP contribution >= 0.6 is 11.8 Å². The van der Waals surface area contributed by atoms with Gasteiger partial charge in [-0.2, -0.15) is 0 Å². The largest absolute Gasteiger partial charge is 0.392 e. The fourth-order valence-electron chi connectivity index (χ4n) is 1.71. The summed E-state index contributed by atoms with van der Waals surface area (Å²) in [6, 6.07) is 8.36. The topological polar surface area (TPSA) is 20.2 Å². The Balaban J connectivity index is 1.78. The van der Waals surface area contributed by atoms with Crippen molar-refractivity contribution in [3.05, 3.63) is 29.8 Å². The summed E-state index contributed by atoms with van der Waals surface area (Å²) in [6.07, 6.45) is 3.53. The second kappa shape index (κ2) is 5.04. The van der Waals surface area contributed by atoms with E-state index in [2.05, 4.69) is 31.2 Å². The normalized spacial score (nSPS) is 17.7. The number of rotatable bonds is 5. The summed E-state index contributed by atoms with van der Waals surface area (Å²) in [4.78, 5) is 1.30. The monoisotopic (exact) mass is 222 g/mol. The summed E-state index contributed by atoms with van der Waals surface area (Å²) in [5.74, 6) is 1.65. The van der Waals surface area contributed by atoms with Crippen molar-refractivity contribution in [2.45, 2.75) is 37.2 Å². The maximum atomic E-state index is 9.79. The molecular weight excluding hydrogens is 204 g/mol. The molecule has 1 aromatic rings. The lowest BCUT2D eigenvalue weighted by Crippen LogP contribution is -2.10. The Morgan fingerprint density at radius 1 is 1.40 bits per heavy atom. The molecule has 2 heteroatoms. The summed E-state index contributed by atoms with van der Waals surface area (Å²) >= 11 is 1.77. The van der Waals surface area contributed by atoms with Crippen molar-refractivity contribution in [2.75, 3.05) is 5.75 Å². The molecule has 0 heterocycles. The van der Waals surface area contributed by atoms with Crippen LogP contribution in [0.3, 0.4) is 0 Å². The molecular formula is C13H18OS. The van der Waals surface area contributed by atoms with Crippen molar-refractivity contribution >= 4 is 11.8 Å². The van der Waals surface area contributed by atoms with Gasteiger partial charge in [-0.25, -0.2) is 0 Å². The number of aliphatic hydroxyl groups is 1. The first kappa shape index (κ1) is 11.0. The summed E-state index contributed by atoms with van der Waals surface area (Å²) in [7, 11) is 0. The van der Waals surface area contributed by atoms with Gasteiger partial charge in [-0.1, -0.05) is 31.0 Å². The van der Waals surface area contributed by atoms with Crippen LogP contribution in [0.5, 0.6) is 0 Å². The molecule has 1 N–H and O–H groups in total. The fraction of sp³-hybridized carbons (Fsp3) is 0.538. The molecule has 1 aliphatic carbocycles. The highest BCUT2D eigenvalue weighted by molar-refractivity contribution is 7.99. The van der Waals surface area contributed by atoms with Gasteiger partial charge in [0, 0.05) is 10.6 Å². The van der Waals surface area contributed by atoms with Crippen LogP contribution in [0.4, 0.5) is 0 Å². The third-order valence-corrected chi connectivity index (χ3v) is 4.15. The van der Waals surface area contributed by atoms with Crippen LogP contribution in [0, 0.1) is 12.8 Å². The van der Waals surface area contributed by atoms with Crippen LogP contribution in [-0.2, 0) is 0 Å². The first-order valence-electron chi connectivity index (χ1n) is 5.62. The highest BCUT2D eigenvalue weighted by Crippen LogP contribution is 2.34. The van der Waals surface area contributed by atoms with Crippen LogP contribution in [0.1, 0.15) is 24.8 Å². The Morgan fingerprint density at radius 2 is 2.13 bits per heavy atom. The van der Waals surface area contributed by atoms with E-state index in [1.807, 2.05) is 0 Å². The third kappa shape index (κ3) is 3.54. The predicted molar refractivity (Wildman–Crippen MR) is 65.3 cm³/mol. The molecule has 0 amide bonds. The molecule has 1 atom stereocenters. The van der Waals surface area contributed by atoms with E-state index in [1.165, 1.54) is 23.3 Å². The van der Waals surface area contributed by atoms with E-state index in [9.17, 15) is 5.11 Å². The number of aryl methyl sites for hydroxylation is 1. The Kier molecular flexibility index (Phi) is 3.71. The summed E-state index contributed by atoms with van der Waals surface area (Å²) in [5, 5.41) is 9.79. The highest BCUT2D eigenvalue weighted by atomic mass is 32.2. The van der Waals surface area contributed by atoms with Gasteiger partial charge in [0.2, 0.25) is 0 Å². The van der Waals surface area contributed by atoms with Crippen molar-refractivity contribution in [3.63, 3.8) is 0 Å². The zero-order valence-electron chi connectivity index (χ0n) is 9.15. The quantitative estimate of drug-likeness (QED) is 0.772. The van der Waals surface area contributed by atoms with E-state index in [1.54, 1.807) is 11.8 Å². The lowest BCUT2D eigenvalue weighted by Gasteiger charge is -2.10. The van der Waals surface area contributed by atoms with E-state index in [0.717, 1.165) is 18.1 Å². The van der Waals surface area contributed by atoms with E-state index in [0.29, 0.717) is 0 Å². The molecule has 0 saturated heterocycles. The molecule has 2 rings (SSSR count). The SMILES string of the molecule is Cc1ccccc1SCC(O)CC1CC1. The van der Waals surface area contributed by atoms with Gasteiger partial charge in [-0.05, 0) is 30.9 Å². The number of benzene rings is 1. The Bertz CT molecular complexity index is 320. The Hall–Kier alpha value is -0.470. The minimum atomic E-state index is -0.123. The summed E-state index contributed by atoms with van der Waals surface area (Å²) in [5.41, 5.74) is 1.31. The van der Waals surface area contributed by atoms with E-state index >= 15 is 0 Å². The van der Waals surface area contributed by atoms with Crippen molar-refractivity contribution < 1.29 is 5.11 Å². The molecule has 1 fully saturated rings. The van der Waals surface area contributed by atoms with E-state index < -0.39 is 0 Å². The van der Waals surface area contributed by atoms with E-state index in [-0.39, 0.29) is 6.10 Å². The minimum absolute atomic E-state index is 0.123. The zero-order valence-corrected chi connectivity index (χ0v) is 9.96. The van der Waals surface area contributed by atoms with Crippen molar-refractivity contribution in [1.82, 2.24) is 0 Å². The fourth-order valence-corrected chi connectivity index (χ4v) is 2.69. The number of thioether (sulfide) groups is 1. The van der Waals surface area contributed by atoms with Gasteiger partial charge in [0.25, 0.3) is 0 Å². The number of aliphatic hydroxyl groups excluding tert-OH is 1. The van der Waals surface area contributed by atoms with Gasteiger partial charge in [0.05, 0.1) is 6.10 Å². The van der Waals surface area contributed by atoms with E-state index in [4.69, 9.17) is 0 Å². The Labute approximate surface area is 95.9 Å². The lowest BCUT2D eigenvalue weighted by atomic mass is 10.2. The summed E-state index contributed by atoms with van der Waals surface area (Å²) < 4.78 is 0. The molecule has 1 nitrogen and oxygen atoms in total. The molecule has 1 saturated carbocycles. The Morgan fingerprint density at radius 3 is 2.80 bits per heavy atom. The standard InChI is InChI=1S/C13H18OS/c1-10-4-2-3-5-13(10)15-9-12(14)8-11-6-7-11/h2-5,11-12,14H,6-9H2,1H3. The number of hydrogen-bond acceptors (Lipinski definition) is 2. The molecule has 1 aliphatic rings. The predicted octanol–water partition coefficient (Wildman–Crippen LogP) is 3.25. The lowest BCUT2D eigenvalue weighted by molar-refractivity contribution is 0.182. The molecule has 1 unspecified atom stereocenters. The average molecular weight is 222 g/mol. The molecule has 0 bridgehead atoms. The molecule has 82 valence electrons. The molecule has 0 spiro atoms. The van der Waals surface area contributed by atoms with Crippen LogP contribution in [-0.4, -0.2) is 17.0 Å². The molecule has 0 radical (unpaired) electrons. The second-order valence-corrected chi connectivity index (χ2v) is 5.47.